The summed E-state index contributed by atoms with van der Waals surface area (Å²) in [6.07, 6.45) is 3.80. The van der Waals surface area contributed by atoms with E-state index in [0.29, 0.717) is 0 Å². The number of nitrogens with two attached hydrogens (primary N) is 1. The monoisotopic (exact) mass is 470 g/mol. The molecule has 0 spiro atoms. The lowest BCUT2D eigenvalue weighted by atomic mass is 9.90. The van der Waals surface area contributed by atoms with E-state index in [2.05, 4.69) is 35.2 Å². The second kappa shape index (κ2) is 11.6. The second-order valence-electron chi connectivity index (χ2n) is 6.39. The van der Waals surface area contributed by atoms with Crippen LogP contribution in [-0.4, -0.2) is 31.1 Å². The van der Waals surface area contributed by atoms with E-state index in [1.807, 2.05) is 24.3 Å². The topological polar surface area (TPSA) is 38.5 Å². The molecule has 138 valence electrons. The maximum absolute atomic E-state index is 5.79. The first-order valence-electron chi connectivity index (χ1n) is 8.54. The minimum Gasteiger partial charge on any atom is -0.492 e. The first-order valence-corrected chi connectivity index (χ1v) is 8.54. The first kappa shape index (κ1) is 22.0. The third-order valence-electron chi connectivity index (χ3n) is 4.63. The zero-order chi connectivity index (χ0) is 15.9. The number of hydrogen-bond acceptors (Lipinski definition) is 3. The zero-order valence-electron chi connectivity index (χ0n) is 14.5. The van der Waals surface area contributed by atoms with Crippen molar-refractivity contribution >= 4 is 39.7 Å². The molecule has 5 heteroatoms. The highest BCUT2D eigenvalue weighted by atomic mass is 79.9. The van der Waals surface area contributed by atoms with E-state index in [4.69, 9.17) is 10.5 Å². The summed E-state index contributed by atoms with van der Waals surface area (Å²) < 4.78 is 5.79. The van der Waals surface area contributed by atoms with Crippen molar-refractivity contribution in [3.8, 4) is 5.75 Å². The number of piperidine rings is 1. The van der Waals surface area contributed by atoms with Gasteiger partial charge in [0.2, 0.25) is 0 Å². The van der Waals surface area contributed by atoms with Gasteiger partial charge >= 0.3 is 0 Å². The highest BCUT2D eigenvalue weighted by Crippen LogP contribution is 2.21. The average molecular weight is 472 g/mol. The molecule has 2 N–H and O–H groups in total. The van der Waals surface area contributed by atoms with Crippen LogP contribution >= 0.6 is 34.0 Å². The van der Waals surface area contributed by atoms with Crippen molar-refractivity contribution in [3.63, 3.8) is 0 Å². The molecule has 1 fully saturated rings. The van der Waals surface area contributed by atoms with Gasteiger partial charge in [-0.05, 0) is 68.1 Å². The number of nitrogens with zero attached hydrogens (tertiary/aromatic N) is 1. The zero-order valence-corrected chi connectivity index (χ0v) is 17.9. The van der Waals surface area contributed by atoms with Crippen LogP contribution in [0.3, 0.4) is 0 Å². The smallest absolute Gasteiger partial charge is 0.119 e. The van der Waals surface area contributed by atoms with E-state index in [9.17, 15) is 0 Å². The lowest BCUT2D eigenvalue weighted by Gasteiger charge is -2.31. The van der Waals surface area contributed by atoms with Crippen LogP contribution in [0.15, 0.2) is 54.6 Å². The van der Waals surface area contributed by atoms with Crippen LogP contribution < -0.4 is 10.5 Å². The Kier molecular flexibility index (Phi) is 10.2. The average Bonchev–Trinajstić information content (AvgIpc) is 2.59. The van der Waals surface area contributed by atoms with E-state index in [1.54, 1.807) is 0 Å². The van der Waals surface area contributed by atoms with E-state index >= 15 is 0 Å². The molecule has 1 aliphatic heterocycles. The van der Waals surface area contributed by atoms with E-state index in [1.165, 1.54) is 37.9 Å². The molecule has 0 bridgehead atoms. The van der Waals surface area contributed by atoms with Crippen molar-refractivity contribution in [2.45, 2.75) is 19.3 Å². The molecule has 0 saturated carbocycles. The maximum atomic E-state index is 5.79. The molecular formula is C20H28Br2N2O. The van der Waals surface area contributed by atoms with Gasteiger partial charge in [0, 0.05) is 12.2 Å². The van der Waals surface area contributed by atoms with Gasteiger partial charge in [0.1, 0.15) is 12.4 Å². The number of halogens is 2. The molecule has 1 saturated heterocycles. The Labute approximate surface area is 172 Å². The predicted octanol–water partition coefficient (Wildman–Crippen LogP) is 4.76. The number of rotatable bonds is 6. The van der Waals surface area contributed by atoms with Crippen molar-refractivity contribution in [2.75, 3.05) is 32.0 Å². The first-order chi connectivity index (χ1) is 11.3. The Morgan fingerprint density at radius 2 is 1.56 bits per heavy atom. The van der Waals surface area contributed by atoms with Crippen LogP contribution in [0.1, 0.15) is 18.4 Å². The second-order valence-corrected chi connectivity index (χ2v) is 6.39. The minimum absolute atomic E-state index is 0. The molecule has 0 aromatic heterocycles. The summed E-state index contributed by atoms with van der Waals surface area (Å²) in [5.74, 6) is 1.73. The molecule has 0 radical (unpaired) electrons. The van der Waals surface area contributed by atoms with Gasteiger partial charge in [0.15, 0.2) is 0 Å². The van der Waals surface area contributed by atoms with Crippen LogP contribution in [0.25, 0.3) is 0 Å². The Hall–Kier alpha value is -1.04. The Balaban J connectivity index is 0.00000156. The molecule has 1 heterocycles. The van der Waals surface area contributed by atoms with Gasteiger partial charge in [-0.15, -0.1) is 34.0 Å². The van der Waals surface area contributed by atoms with Gasteiger partial charge in [0.25, 0.3) is 0 Å². The van der Waals surface area contributed by atoms with Crippen molar-refractivity contribution in [1.82, 2.24) is 4.90 Å². The van der Waals surface area contributed by atoms with E-state index in [-0.39, 0.29) is 34.0 Å². The molecule has 1 aliphatic rings. The molecule has 25 heavy (non-hydrogen) atoms. The number of nitrogen functional groups attached to an aromatic ring is 1. The molecule has 0 amide bonds. The van der Waals surface area contributed by atoms with Crippen LogP contribution in [0.5, 0.6) is 5.75 Å². The van der Waals surface area contributed by atoms with Crippen molar-refractivity contribution in [3.05, 3.63) is 60.2 Å². The van der Waals surface area contributed by atoms with Gasteiger partial charge in [-0.25, -0.2) is 0 Å². The normalized spacial score (nSPS) is 15.0. The van der Waals surface area contributed by atoms with Gasteiger partial charge in [-0.2, -0.15) is 0 Å². The quantitative estimate of drug-likeness (QED) is 0.617. The fourth-order valence-corrected chi connectivity index (χ4v) is 3.22. The fourth-order valence-electron chi connectivity index (χ4n) is 3.22. The fraction of sp³-hybridized carbons (Fsp3) is 0.400. The van der Waals surface area contributed by atoms with Crippen LogP contribution in [-0.2, 0) is 6.42 Å². The lowest BCUT2D eigenvalue weighted by molar-refractivity contribution is 0.155. The highest BCUT2D eigenvalue weighted by molar-refractivity contribution is 8.93. The summed E-state index contributed by atoms with van der Waals surface area (Å²) in [4.78, 5) is 2.51. The summed E-state index contributed by atoms with van der Waals surface area (Å²) in [6.45, 7) is 4.11. The minimum atomic E-state index is 0. The standard InChI is InChI=1S/C20H26N2O.2BrH/c21-19-6-8-20(9-7-19)23-15-14-22-12-10-18(11-13-22)16-17-4-2-1-3-5-17;;/h1-9,18H,10-16,21H2;2*1H. The lowest BCUT2D eigenvalue weighted by Crippen LogP contribution is -2.37. The molecular weight excluding hydrogens is 444 g/mol. The Morgan fingerprint density at radius 3 is 2.20 bits per heavy atom. The summed E-state index contributed by atoms with van der Waals surface area (Å²) in [7, 11) is 0. The molecule has 3 rings (SSSR count). The van der Waals surface area contributed by atoms with Gasteiger partial charge < -0.3 is 10.5 Å². The van der Waals surface area contributed by atoms with Gasteiger partial charge in [-0.1, -0.05) is 30.3 Å². The number of likely N-dealkylation sites (tertiary alicyclic amines) is 1. The third kappa shape index (κ3) is 7.38. The number of anilines is 1. The maximum Gasteiger partial charge on any atom is 0.119 e. The predicted molar refractivity (Wildman–Crippen MR) is 116 cm³/mol. The molecule has 0 aliphatic carbocycles. The van der Waals surface area contributed by atoms with Crippen LogP contribution in [0.4, 0.5) is 5.69 Å². The van der Waals surface area contributed by atoms with Crippen LogP contribution in [0, 0.1) is 5.92 Å². The third-order valence-corrected chi connectivity index (χ3v) is 4.63. The summed E-state index contributed by atoms with van der Waals surface area (Å²) in [5, 5.41) is 0. The van der Waals surface area contributed by atoms with E-state index < -0.39 is 0 Å². The summed E-state index contributed by atoms with van der Waals surface area (Å²) >= 11 is 0. The highest BCUT2D eigenvalue weighted by Gasteiger charge is 2.19. The SMILES string of the molecule is Br.Br.Nc1ccc(OCCN2CCC(Cc3ccccc3)CC2)cc1. The van der Waals surface area contributed by atoms with Crippen molar-refractivity contribution in [2.24, 2.45) is 5.92 Å². The summed E-state index contributed by atoms with van der Waals surface area (Å²) in [6, 6.07) is 18.5. The largest absolute Gasteiger partial charge is 0.492 e. The van der Waals surface area contributed by atoms with Crippen LogP contribution in [0.2, 0.25) is 0 Å². The number of hydrogen-bond donors (Lipinski definition) is 1. The number of ether oxygens (including phenoxy) is 1. The Bertz CT molecular complexity index is 584. The number of benzene rings is 2. The van der Waals surface area contributed by atoms with Gasteiger partial charge in [-0.3, -0.25) is 4.90 Å². The van der Waals surface area contributed by atoms with Gasteiger partial charge in [0.05, 0.1) is 0 Å². The van der Waals surface area contributed by atoms with Crippen molar-refractivity contribution < 1.29 is 4.74 Å². The van der Waals surface area contributed by atoms with E-state index in [0.717, 1.165) is 30.5 Å². The van der Waals surface area contributed by atoms with Crippen molar-refractivity contribution in [1.29, 1.82) is 0 Å². The molecule has 3 nitrogen and oxygen atoms in total. The molecule has 2 aromatic carbocycles. The molecule has 0 unspecified atom stereocenters. The summed E-state index contributed by atoms with van der Waals surface area (Å²) in [5.41, 5.74) is 7.92. The molecule has 0 atom stereocenters. The molecule has 2 aromatic rings. The Morgan fingerprint density at radius 1 is 0.920 bits per heavy atom.